The Labute approximate surface area is 111 Å². The number of hydrogen-bond acceptors (Lipinski definition) is 5. The van der Waals surface area contributed by atoms with E-state index in [0.29, 0.717) is 4.57 Å². The number of rotatable bonds is 2. The van der Waals surface area contributed by atoms with Crippen molar-refractivity contribution in [3.8, 4) is 12.3 Å². The Hall–Kier alpha value is -2.05. The zero-order chi connectivity index (χ0) is 15.1. The maximum absolute atomic E-state index is 13.8. The van der Waals surface area contributed by atoms with Crippen LogP contribution >= 0.6 is 0 Å². The van der Waals surface area contributed by atoms with Gasteiger partial charge in [0.2, 0.25) is 6.23 Å². The van der Waals surface area contributed by atoms with Crippen molar-refractivity contribution in [1.82, 2.24) is 9.55 Å². The van der Waals surface area contributed by atoms with Gasteiger partial charge in [-0.15, -0.1) is 6.42 Å². The first-order valence-corrected chi connectivity index (χ1v) is 5.46. The molecule has 3 atom stereocenters. The van der Waals surface area contributed by atoms with Crippen molar-refractivity contribution in [2.75, 3.05) is 12.3 Å². The number of terminal acetylenes is 1. The molecule has 108 valence electrons. The van der Waals surface area contributed by atoms with Gasteiger partial charge in [-0.1, -0.05) is 5.92 Å². The number of ether oxygens (including phenoxy) is 1. The molecule has 0 bridgehead atoms. The molecule has 0 aliphatic carbocycles. The van der Waals surface area contributed by atoms with Gasteiger partial charge in [-0.3, -0.25) is 4.57 Å². The summed E-state index contributed by atoms with van der Waals surface area (Å²) >= 11 is 0. The molecule has 2 heterocycles. The Bertz CT molecular complexity index is 626. The van der Waals surface area contributed by atoms with Gasteiger partial charge in [-0.05, 0) is 0 Å². The van der Waals surface area contributed by atoms with E-state index in [1.165, 1.54) is 0 Å². The number of halogens is 3. The Morgan fingerprint density at radius 1 is 1.65 bits per heavy atom. The highest BCUT2D eigenvalue weighted by Gasteiger charge is 2.60. The minimum atomic E-state index is -4.01. The fraction of sp³-hybridized carbons (Fsp3) is 0.455. The number of nitrogens with zero attached hydrogens (tertiary/aromatic N) is 2. The summed E-state index contributed by atoms with van der Waals surface area (Å²) in [5.74, 6) is -2.25. The van der Waals surface area contributed by atoms with E-state index >= 15 is 0 Å². The summed E-state index contributed by atoms with van der Waals surface area (Å²) < 4.78 is 46.0. The molecule has 1 saturated heterocycles. The first kappa shape index (κ1) is 14.4. The summed E-state index contributed by atoms with van der Waals surface area (Å²) in [7, 11) is 0. The molecule has 9 heteroatoms. The summed E-state index contributed by atoms with van der Waals surface area (Å²) in [5, 5.41) is 8.79. The van der Waals surface area contributed by atoms with Crippen LogP contribution in [-0.4, -0.2) is 39.5 Å². The van der Waals surface area contributed by atoms with Crippen molar-refractivity contribution >= 4 is 5.82 Å². The molecule has 2 rings (SSSR count). The molecule has 0 radical (unpaired) electrons. The monoisotopic (exact) mass is 289 g/mol. The first-order valence-electron chi connectivity index (χ1n) is 5.46. The number of alkyl halides is 3. The molecule has 20 heavy (non-hydrogen) atoms. The van der Waals surface area contributed by atoms with E-state index in [1.54, 1.807) is 0 Å². The van der Waals surface area contributed by atoms with E-state index in [4.69, 9.17) is 17.3 Å². The third-order valence-corrected chi connectivity index (χ3v) is 2.90. The van der Waals surface area contributed by atoms with Crippen molar-refractivity contribution in [2.24, 2.45) is 0 Å². The minimum absolute atomic E-state index is 0.105. The van der Waals surface area contributed by atoms with E-state index in [9.17, 15) is 18.0 Å². The maximum Gasteiger partial charge on any atom is 0.351 e. The number of nitrogen functional groups attached to an aromatic ring is 1. The third kappa shape index (κ3) is 2.03. The van der Waals surface area contributed by atoms with Crippen LogP contribution in [0.5, 0.6) is 0 Å². The highest BCUT2D eigenvalue weighted by Crippen LogP contribution is 2.43. The Kier molecular flexibility index (Phi) is 3.45. The lowest BCUT2D eigenvalue weighted by atomic mass is 10.1. The van der Waals surface area contributed by atoms with Crippen LogP contribution in [0.2, 0.25) is 0 Å². The minimum Gasteiger partial charge on any atom is -0.394 e. The quantitative estimate of drug-likeness (QED) is 0.728. The largest absolute Gasteiger partial charge is 0.394 e. The smallest absolute Gasteiger partial charge is 0.351 e. The molecule has 6 nitrogen and oxygen atoms in total. The maximum atomic E-state index is 13.8. The summed E-state index contributed by atoms with van der Waals surface area (Å²) in [6.45, 7) is -0.952. The van der Waals surface area contributed by atoms with Crippen molar-refractivity contribution in [3.63, 3.8) is 0 Å². The van der Waals surface area contributed by atoms with Gasteiger partial charge >= 0.3 is 11.6 Å². The van der Waals surface area contributed by atoms with Gasteiger partial charge in [-0.2, -0.15) is 13.8 Å². The molecule has 1 aromatic rings. The predicted molar refractivity (Wildman–Crippen MR) is 61.7 cm³/mol. The molecule has 1 aliphatic heterocycles. The van der Waals surface area contributed by atoms with E-state index in [1.807, 2.05) is 0 Å². The predicted octanol–water partition coefficient (Wildman–Crippen LogP) is -0.330. The molecular weight excluding hydrogens is 279 g/mol. The Balaban J connectivity index is 2.52. The van der Waals surface area contributed by atoms with Crippen LogP contribution in [0.15, 0.2) is 11.0 Å². The molecule has 3 unspecified atom stereocenters. The molecule has 3 N–H and O–H groups in total. The van der Waals surface area contributed by atoms with E-state index in [0.717, 1.165) is 6.20 Å². The third-order valence-electron chi connectivity index (χ3n) is 2.90. The SMILES string of the molecule is C#Cc1cn(C2OC(CO)C(F)C2(F)F)c(=O)nc1N. The highest BCUT2D eigenvalue weighted by atomic mass is 19.3. The zero-order valence-corrected chi connectivity index (χ0v) is 9.96. The summed E-state index contributed by atoms with van der Waals surface area (Å²) in [5.41, 5.74) is 4.08. The summed E-state index contributed by atoms with van der Waals surface area (Å²) in [6, 6.07) is 0. The molecular formula is C11H10F3N3O3. The highest BCUT2D eigenvalue weighted by molar-refractivity contribution is 5.47. The summed E-state index contributed by atoms with van der Waals surface area (Å²) in [4.78, 5) is 14.9. The van der Waals surface area contributed by atoms with Crippen LogP contribution in [0.3, 0.4) is 0 Å². The molecule has 0 aromatic carbocycles. The van der Waals surface area contributed by atoms with Gasteiger partial charge in [0.1, 0.15) is 11.9 Å². The number of aromatic nitrogens is 2. The van der Waals surface area contributed by atoms with Gasteiger partial charge in [0.15, 0.2) is 6.17 Å². The fourth-order valence-electron chi connectivity index (χ4n) is 1.86. The Morgan fingerprint density at radius 2 is 2.30 bits per heavy atom. The normalized spacial score (nSPS) is 28.2. The van der Waals surface area contributed by atoms with Gasteiger partial charge in [0.25, 0.3) is 0 Å². The number of hydrogen-bond donors (Lipinski definition) is 2. The fourth-order valence-corrected chi connectivity index (χ4v) is 1.86. The average molecular weight is 289 g/mol. The van der Waals surface area contributed by atoms with Crippen molar-refractivity contribution < 1.29 is 23.0 Å². The second-order valence-corrected chi connectivity index (χ2v) is 4.16. The van der Waals surface area contributed by atoms with Crippen LogP contribution in [0.4, 0.5) is 19.0 Å². The average Bonchev–Trinajstić information content (AvgIpc) is 2.62. The van der Waals surface area contributed by atoms with Gasteiger partial charge in [-0.25, -0.2) is 9.18 Å². The van der Waals surface area contributed by atoms with E-state index in [-0.39, 0.29) is 11.4 Å². The standard InChI is InChI=1S/C11H10F3N3O3/c1-2-5-3-17(10(19)16-8(5)15)9-11(13,14)7(12)6(4-18)20-9/h1,3,6-7,9,18H,4H2,(H2,15,16,19). The second-order valence-electron chi connectivity index (χ2n) is 4.16. The molecule has 1 fully saturated rings. The number of aliphatic hydroxyl groups excluding tert-OH is 1. The number of nitrogens with two attached hydrogens (primary N) is 1. The molecule has 0 saturated carbocycles. The molecule has 0 amide bonds. The second kappa shape index (κ2) is 4.81. The van der Waals surface area contributed by atoms with Gasteiger partial charge < -0.3 is 15.6 Å². The first-order chi connectivity index (χ1) is 9.32. The van der Waals surface area contributed by atoms with E-state index < -0.39 is 36.7 Å². The number of aliphatic hydroxyl groups is 1. The van der Waals surface area contributed by atoms with Crippen molar-refractivity contribution in [1.29, 1.82) is 0 Å². The van der Waals surface area contributed by atoms with Gasteiger partial charge in [0, 0.05) is 6.20 Å². The summed E-state index contributed by atoms with van der Waals surface area (Å²) in [6.07, 6.45) is -0.811. The lowest BCUT2D eigenvalue weighted by Gasteiger charge is -2.20. The van der Waals surface area contributed by atoms with Crippen LogP contribution in [0.1, 0.15) is 11.8 Å². The van der Waals surface area contributed by atoms with Crippen LogP contribution in [0.25, 0.3) is 0 Å². The lowest BCUT2D eigenvalue weighted by molar-refractivity contribution is -0.130. The van der Waals surface area contributed by atoms with Gasteiger partial charge in [0.05, 0.1) is 12.2 Å². The molecule has 1 aliphatic rings. The zero-order valence-electron chi connectivity index (χ0n) is 9.96. The van der Waals surface area contributed by atoms with Crippen molar-refractivity contribution in [3.05, 3.63) is 22.2 Å². The number of anilines is 1. The van der Waals surface area contributed by atoms with Crippen LogP contribution in [0, 0.1) is 12.3 Å². The molecule has 0 spiro atoms. The lowest BCUT2D eigenvalue weighted by Crippen LogP contribution is -2.40. The van der Waals surface area contributed by atoms with Crippen molar-refractivity contribution in [2.45, 2.75) is 24.4 Å². The van der Waals surface area contributed by atoms with Crippen LogP contribution in [-0.2, 0) is 4.74 Å². The van der Waals surface area contributed by atoms with Crippen LogP contribution < -0.4 is 11.4 Å². The topological polar surface area (TPSA) is 90.4 Å². The molecule has 1 aromatic heterocycles. The van der Waals surface area contributed by atoms with E-state index in [2.05, 4.69) is 15.6 Å². The Morgan fingerprint density at radius 3 is 2.80 bits per heavy atom.